The Morgan fingerprint density at radius 1 is 0.784 bits per heavy atom. The first kappa shape index (κ1) is 27.7. The van der Waals surface area contributed by atoms with E-state index in [1.165, 1.54) is 0 Å². The third-order valence-electron chi connectivity index (χ3n) is 4.86. The Bertz CT molecular complexity index is 1170. The number of hydroxylamine groups is 1. The minimum Gasteiger partial charge on any atom is -0.373 e. The number of carbonyl (C=O) groups excluding carboxylic acids is 2. The first-order valence-electron chi connectivity index (χ1n) is 10.7. The van der Waals surface area contributed by atoms with Gasteiger partial charge in [-0.2, -0.15) is 26.3 Å². The van der Waals surface area contributed by atoms with Crippen LogP contribution in [0.15, 0.2) is 78.9 Å². The molecule has 0 heterocycles. The predicted molar refractivity (Wildman–Crippen MR) is 120 cm³/mol. The highest BCUT2D eigenvalue weighted by Crippen LogP contribution is 2.36. The Labute approximate surface area is 207 Å². The van der Waals surface area contributed by atoms with E-state index in [1.54, 1.807) is 66.1 Å². The summed E-state index contributed by atoms with van der Waals surface area (Å²) in [4.78, 5) is 30.2. The van der Waals surface area contributed by atoms with Crippen LogP contribution in [0.1, 0.15) is 27.0 Å². The van der Waals surface area contributed by atoms with Gasteiger partial charge in [0.25, 0.3) is 11.8 Å². The van der Waals surface area contributed by atoms with E-state index in [0.717, 1.165) is 5.56 Å². The fourth-order valence-corrected chi connectivity index (χ4v) is 3.04. The molecule has 0 spiro atoms. The van der Waals surface area contributed by atoms with Gasteiger partial charge in [-0.25, -0.2) is 5.48 Å². The Balaban J connectivity index is 1.75. The summed E-state index contributed by atoms with van der Waals surface area (Å²) in [6, 6.07) is 17.4. The van der Waals surface area contributed by atoms with E-state index in [1.807, 2.05) is 0 Å². The molecule has 0 fully saturated rings. The number of ether oxygens (including phenoxy) is 1. The largest absolute Gasteiger partial charge is 0.416 e. The van der Waals surface area contributed by atoms with E-state index in [9.17, 15) is 35.9 Å². The number of anilines is 1. The van der Waals surface area contributed by atoms with Gasteiger partial charge in [0, 0.05) is 11.3 Å². The number of carbonyl (C=O) groups is 2. The van der Waals surface area contributed by atoms with Gasteiger partial charge in [0.15, 0.2) is 6.10 Å². The van der Waals surface area contributed by atoms with Gasteiger partial charge in [0.1, 0.15) is 0 Å². The van der Waals surface area contributed by atoms with Crippen molar-refractivity contribution in [1.29, 1.82) is 0 Å². The van der Waals surface area contributed by atoms with Gasteiger partial charge < -0.3 is 10.1 Å². The fourth-order valence-electron chi connectivity index (χ4n) is 3.04. The average Bonchev–Trinajstić information content (AvgIpc) is 2.85. The Hall–Kier alpha value is -3.90. The van der Waals surface area contributed by atoms with E-state index in [4.69, 9.17) is 9.57 Å². The number of rotatable bonds is 9. The molecule has 3 aromatic rings. The molecule has 12 heteroatoms. The maximum absolute atomic E-state index is 13.1. The van der Waals surface area contributed by atoms with Crippen LogP contribution in [-0.4, -0.2) is 24.5 Å². The molecule has 0 aliphatic rings. The number of amides is 2. The third-order valence-corrected chi connectivity index (χ3v) is 4.86. The first-order chi connectivity index (χ1) is 17.4. The van der Waals surface area contributed by atoms with Crippen molar-refractivity contribution in [3.63, 3.8) is 0 Å². The minimum atomic E-state index is -5.14. The van der Waals surface area contributed by atoms with Gasteiger partial charge in [-0.3, -0.25) is 14.4 Å². The highest BCUT2D eigenvalue weighted by Gasteiger charge is 2.37. The first-order valence-corrected chi connectivity index (χ1v) is 10.7. The van der Waals surface area contributed by atoms with Crippen LogP contribution < -0.4 is 10.8 Å². The highest BCUT2D eigenvalue weighted by molar-refractivity contribution is 5.96. The lowest BCUT2D eigenvalue weighted by molar-refractivity contribution is -0.143. The molecule has 0 bridgehead atoms. The van der Waals surface area contributed by atoms with Crippen LogP contribution in [0.5, 0.6) is 0 Å². The summed E-state index contributed by atoms with van der Waals surface area (Å²) in [5, 5.41) is 2.52. The molecule has 3 rings (SSSR count). The number of para-hydroxylation sites is 1. The smallest absolute Gasteiger partial charge is 0.373 e. The summed E-state index contributed by atoms with van der Waals surface area (Å²) < 4.78 is 84.1. The van der Waals surface area contributed by atoms with Crippen molar-refractivity contribution in [2.45, 2.75) is 25.1 Å². The van der Waals surface area contributed by atoms with Crippen molar-refractivity contribution >= 4 is 17.5 Å². The monoisotopic (exact) mass is 526 g/mol. The van der Waals surface area contributed by atoms with Crippen molar-refractivity contribution in [1.82, 2.24) is 5.48 Å². The van der Waals surface area contributed by atoms with Gasteiger partial charge in [0.2, 0.25) is 0 Å². The topological polar surface area (TPSA) is 76.7 Å². The second-order valence-corrected chi connectivity index (χ2v) is 7.69. The molecule has 3 aromatic carbocycles. The zero-order valence-electron chi connectivity index (χ0n) is 18.9. The lowest BCUT2D eigenvalue weighted by Gasteiger charge is -2.18. The van der Waals surface area contributed by atoms with Crippen LogP contribution in [0.4, 0.5) is 32.0 Å². The summed E-state index contributed by atoms with van der Waals surface area (Å²) in [6.07, 6.45) is -11.8. The molecule has 1 unspecified atom stereocenters. The van der Waals surface area contributed by atoms with E-state index in [-0.39, 0.29) is 24.8 Å². The van der Waals surface area contributed by atoms with Gasteiger partial charge in [-0.05, 0) is 35.9 Å². The summed E-state index contributed by atoms with van der Waals surface area (Å²) in [5.41, 5.74) is -1.41. The molecule has 2 amide bonds. The molecule has 1 atom stereocenters. The Kier molecular flexibility index (Phi) is 8.90. The quantitative estimate of drug-likeness (QED) is 0.281. The fraction of sp³-hybridized carbons (Fsp3) is 0.200. The zero-order valence-corrected chi connectivity index (χ0v) is 18.9. The maximum Gasteiger partial charge on any atom is 0.416 e. The Morgan fingerprint density at radius 2 is 1.32 bits per heavy atom. The van der Waals surface area contributed by atoms with Crippen molar-refractivity contribution in [3.8, 4) is 0 Å². The van der Waals surface area contributed by atoms with Crippen LogP contribution in [0.25, 0.3) is 0 Å². The van der Waals surface area contributed by atoms with Crippen LogP contribution in [0.3, 0.4) is 0 Å². The molecular formula is C25H20F6N2O4. The van der Waals surface area contributed by atoms with Crippen molar-refractivity contribution < 1.29 is 45.5 Å². The van der Waals surface area contributed by atoms with Crippen molar-refractivity contribution in [2.75, 3.05) is 11.9 Å². The van der Waals surface area contributed by atoms with Gasteiger partial charge in [-0.15, -0.1) is 0 Å². The molecule has 196 valence electrons. The molecule has 0 radical (unpaired) electrons. The number of nitrogens with one attached hydrogen (secondary N) is 2. The normalized spacial score (nSPS) is 12.6. The number of alkyl halides is 6. The van der Waals surface area contributed by atoms with E-state index < -0.39 is 53.6 Å². The number of hydrogen-bond acceptors (Lipinski definition) is 4. The van der Waals surface area contributed by atoms with Crippen LogP contribution >= 0.6 is 0 Å². The minimum absolute atomic E-state index is 0.0653. The molecule has 2 N–H and O–H groups in total. The average molecular weight is 526 g/mol. The molecule has 0 aromatic heterocycles. The predicted octanol–water partition coefficient (Wildman–Crippen LogP) is 5.61. The van der Waals surface area contributed by atoms with E-state index >= 15 is 0 Å². The molecule has 6 nitrogen and oxygen atoms in total. The number of benzene rings is 3. The SMILES string of the molecule is O=C(NOC(COCc1ccccc1)C(=O)Nc1ccccc1)c1cc(C(F)(F)F)cc(C(F)(F)F)c1. The summed E-state index contributed by atoms with van der Waals surface area (Å²) in [6.45, 7) is -0.333. The van der Waals surface area contributed by atoms with Gasteiger partial charge >= 0.3 is 12.4 Å². The van der Waals surface area contributed by atoms with Gasteiger partial charge in [-0.1, -0.05) is 48.5 Å². The standard InChI is InChI=1S/C25H20F6N2O4/c26-24(27,28)18-11-17(12-19(13-18)25(29,30)31)22(34)33-37-21(15-36-14-16-7-3-1-4-8-16)23(35)32-20-9-5-2-6-10-20/h1-13,21H,14-15H2,(H,32,35)(H,33,34). The lowest BCUT2D eigenvalue weighted by Crippen LogP contribution is -2.40. The van der Waals surface area contributed by atoms with Crippen molar-refractivity contribution in [2.24, 2.45) is 0 Å². The highest BCUT2D eigenvalue weighted by atomic mass is 19.4. The maximum atomic E-state index is 13.1. The molecular weight excluding hydrogens is 506 g/mol. The van der Waals surface area contributed by atoms with Crippen LogP contribution in [-0.2, 0) is 33.3 Å². The van der Waals surface area contributed by atoms with Crippen LogP contribution in [0, 0.1) is 0 Å². The van der Waals surface area contributed by atoms with E-state index in [0.29, 0.717) is 5.69 Å². The second-order valence-electron chi connectivity index (χ2n) is 7.69. The number of hydrogen-bond donors (Lipinski definition) is 2. The summed E-state index contributed by atoms with van der Waals surface area (Å²) in [7, 11) is 0. The molecule has 0 aliphatic heterocycles. The van der Waals surface area contributed by atoms with E-state index in [2.05, 4.69) is 5.32 Å². The molecule has 0 saturated carbocycles. The summed E-state index contributed by atoms with van der Waals surface area (Å²) in [5.74, 6) is -2.20. The number of halogens is 6. The molecule has 37 heavy (non-hydrogen) atoms. The third kappa shape index (κ3) is 8.33. The summed E-state index contributed by atoms with van der Waals surface area (Å²) >= 11 is 0. The molecule has 0 aliphatic carbocycles. The van der Waals surface area contributed by atoms with Crippen molar-refractivity contribution in [3.05, 3.63) is 101 Å². The second kappa shape index (κ2) is 11.9. The lowest BCUT2D eigenvalue weighted by atomic mass is 10.0. The van der Waals surface area contributed by atoms with Crippen LogP contribution in [0.2, 0.25) is 0 Å². The zero-order chi connectivity index (χ0) is 27.1. The molecule has 0 saturated heterocycles. The Morgan fingerprint density at radius 3 is 1.86 bits per heavy atom. The van der Waals surface area contributed by atoms with Gasteiger partial charge in [0.05, 0.1) is 24.3 Å².